The van der Waals surface area contributed by atoms with Gasteiger partial charge in [-0.25, -0.2) is 4.79 Å². The van der Waals surface area contributed by atoms with Gasteiger partial charge in [0.05, 0.1) is 0 Å². The number of amides is 1. The molecule has 7 nitrogen and oxygen atoms in total. The summed E-state index contributed by atoms with van der Waals surface area (Å²) in [4.78, 5) is 39.4. The molecule has 1 amide bonds. The molecule has 31 heavy (non-hydrogen) atoms. The van der Waals surface area contributed by atoms with E-state index >= 15 is 0 Å². The van der Waals surface area contributed by atoms with E-state index in [9.17, 15) is 19.5 Å². The SMILES string of the molecule is CC(C)(C)OC(=O)CCCC/C(=C\c1c[nH]c2ccccc12)C(=O)NC(C)(C)C(=O)O. The lowest BCUT2D eigenvalue weighted by atomic mass is 10.0. The third-order valence-electron chi connectivity index (χ3n) is 4.70. The van der Waals surface area contributed by atoms with Crippen LogP contribution in [0.1, 0.15) is 65.9 Å². The molecule has 7 heteroatoms. The predicted octanol–water partition coefficient (Wildman–Crippen LogP) is 4.43. The first kappa shape index (κ1) is 24.2. The van der Waals surface area contributed by atoms with Crippen molar-refractivity contribution >= 4 is 34.8 Å². The number of benzene rings is 1. The van der Waals surface area contributed by atoms with Crippen molar-refractivity contribution in [1.29, 1.82) is 0 Å². The largest absolute Gasteiger partial charge is 0.480 e. The number of aliphatic carboxylic acids is 1. The molecule has 3 N–H and O–H groups in total. The Hall–Kier alpha value is -3.09. The minimum absolute atomic E-state index is 0.264. The number of aromatic nitrogens is 1. The first-order valence-electron chi connectivity index (χ1n) is 10.4. The number of para-hydroxylation sites is 1. The molecule has 168 valence electrons. The zero-order valence-electron chi connectivity index (χ0n) is 18.9. The van der Waals surface area contributed by atoms with Crippen molar-refractivity contribution in [3.05, 3.63) is 41.6 Å². The molecule has 2 aromatic rings. The Bertz CT molecular complexity index is 979. The zero-order chi connectivity index (χ0) is 23.2. The second kappa shape index (κ2) is 9.81. The molecule has 1 heterocycles. The number of carbonyl (C=O) groups excluding carboxylic acids is 2. The van der Waals surface area contributed by atoms with Crippen LogP contribution in [-0.4, -0.2) is 39.1 Å². The van der Waals surface area contributed by atoms with Crippen LogP contribution in [0.25, 0.3) is 17.0 Å². The maximum Gasteiger partial charge on any atom is 0.328 e. The smallest absolute Gasteiger partial charge is 0.328 e. The molecule has 1 aromatic carbocycles. The molecule has 0 aliphatic rings. The third kappa shape index (κ3) is 7.27. The lowest BCUT2D eigenvalue weighted by Gasteiger charge is -2.22. The molecule has 0 fully saturated rings. The quantitative estimate of drug-likeness (QED) is 0.311. The van der Waals surface area contributed by atoms with E-state index in [4.69, 9.17) is 4.74 Å². The summed E-state index contributed by atoms with van der Waals surface area (Å²) in [5.41, 5.74) is 0.334. The van der Waals surface area contributed by atoms with Crippen LogP contribution in [0.4, 0.5) is 0 Å². The monoisotopic (exact) mass is 428 g/mol. The molecular weight excluding hydrogens is 396 g/mol. The van der Waals surface area contributed by atoms with Crippen molar-refractivity contribution in [1.82, 2.24) is 10.3 Å². The molecule has 0 saturated carbocycles. The van der Waals surface area contributed by atoms with Crippen LogP contribution >= 0.6 is 0 Å². The number of carboxylic acids is 1. The standard InChI is InChI=1S/C24H32N2O5/c1-23(2,3)31-20(27)13-9-6-10-16(21(28)26-24(4,5)22(29)30)14-17-15-25-19-12-8-7-11-18(17)19/h7-8,11-12,14-15,25H,6,9-10,13H2,1-5H3,(H,26,28)(H,29,30)/b16-14+. The fraction of sp³-hybridized carbons (Fsp3) is 0.458. The summed E-state index contributed by atoms with van der Waals surface area (Å²) in [5.74, 6) is -1.82. The summed E-state index contributed by atoms with van der Waals surface area (Å²) in [6, 6.07) is 7.74. The fourth-order valence-corrected chi connectivity index (χ4v) is 3.05. The molecule has 0 atom stereocenters. The molecule has 1 aromatic heterocycles. The average Bonchev–Trinajstić information content (AvgIpc) is 3.05. The lowest BCUT2D eigenvalue weighted by Crippen LogP contribution is -2.50. The topological polar surface area (TPSA) is 108 Å². The van der Waals surface area contributed by atoms with Gasteiger partial charge >= 0.3 is 11.9 Å². The van der Waals surface area contributed by atoms with Crippen LogP contribution in [-0.2, 0) is 19.1 Å². The number of unbranched alkanes of at least 4 members (excludes halogenated alkanes) is 1. The van der Waals surface area contributed by atoms with Gasteiger partial charge in [-0.1, -0.05) is 18.2 Å². The molecular formula is C24H32N2O5. The van der Waals surface area contributed by atoms with Crippen molar-refractivity contribution in [2.24, 2.45) is 0 Å². The van der Waals surface area contributed by atoms with E-state index < -0.39 is 23.0 Å². The van der Waals surface area contributed by atoms with Crippen LogP contribution < -0.4 is 5.32 Å². The number of carbonyl (C=O) groups is 3. The Morgan fingerprint density at radius 2 is 1.71 bits per heavy atom. The normalized spacial score (nSPS) is 12.6. The van der Waals surface area contributed by atoms with Crippen LogP contribution in [0.15, 0.2) is 36.0 Å². The number of ether oxygens (including phenoxy) is 1. The maximum absolute atomic E-state index is 12.9. The van der Waals surface area contributed by atoms with E-state index in [2.05, 4.69) is 10.3 Å². The zero-order valence-corrected chi connectivity index (χ0v) is 18.9. The summed E-state index contributed by atoms with van der Waals surface area (Å²) in [5, 5.41) is 12.9. The Labute approximate surface area is 182 Å². The van der Waals surface area contributed by atoms with Crippen molar-refractivity contribution in [2.75, 3.05) is 0 Å². The summed E-state index contributed by atoms with van der Waals surface area (Å²) in [6.45, 7) is 8.35. The number of carboxylic acid groups (broad SMARTS) is 1. The fourth-order valence-electron chi connectivity index (χ4n) is 3.05. The number of hydrogen-bond acceptors (Lipinski definition) is 4. The van der Waals surface area contributed by atoms with Gasteiger partial charge in [-0.3, -0.25) is 9.59 Å². The van der Waals surface area contributed by atoms with E-state index in [-0.39, 0.29) is 12.4 Å². The molecule has 0 saturated heterocycles. The van der Waals surface area contributed by atoms with E-state index in [1.807, 2.05) is 51.2 Å². The number of esters is 1. The van der Waals surface area contributed by atoms with Crippen molar-refractivity contribution < 1.29 is 24.2 Å². The van der Waals surface area contributed by atoms with Crippen LogP contribution in [0, 0.1) is 0 Å². The minimum atomic E-state index is -1.40. The maximum atomic E-state index is 12.9. The number of nitrogens with one attached hydrogen (secondary N) is 2. The lowest BCUT2D eigenvalue weighted by molar-refractivity contribution is -0.155. The van der Waals surface area contributed by atoms with Crippen LogP contribution in [0.5, 0.6) is 0 Å². The van der Waals surface area contributed by atoms with Crippen LogP contribution in [0.3, 0.4) is 0 Å². The van der Waals surface area contributed by atoms with Gasteiger partial charge in [-0.05, 0) is 66.0 Å². The van der Waals surface area contributed by atoms with Gasteiger partial charge < -0.3 is 20.1 Å². The molecule has 2 rings (SSSR count). The van der Waals surface area contributed by atoms with E-state index in [0.717, 1.165) is 16.5 Å². The molecule has 0 spiro atoms. The number of fused-ring (bicyclic) bond motifs is 1. The van der Waals surface area contributed by atoms with Gasteiger partial charge in [0, 0.05) is 34.7 Å². The van der Waals surface area contributed by atoms with Gasteiger partial charge in [-0.2, -0.15) is 0 Å². The van der Waals surface area contributed by atoms with Gasteiger partial charge in [0.1, 0.15) is 11.1 Å². The second-order valence-corrected chi connectivity index (χ2v) is 9.14. The molecule has 0 bridgehead atoms. The van der Waals surface area contributed by atoms with E-state index in [0.29, 0.717) is 24.8 Å². The average molecular weight is 429 g/mol. The number of rotatable bonds is 9. The number of H-pyrrole nitrogens is 1. The molecule has 0 aliphatic heterocycles. The first-order valence-corrected chi connectivity index (χ1v) is 10.4. The summed E-state index contributed by atoms with van der Waals surface area (Å²) in [7, 11) is 0. The Balaban J connectivity index is 2.15. The highest BCUT2D eigenvalue weighted by Gasteiger charge is 2.30. The summed E-state index contributed by atoms with van der Waals surface area (Å²) >= 11 is 0. The highest BCUT2D eigenvalue weighted by atomic mass is 16.6. The first-order chi connectivity index (χ1) is 14.4. The molecule has 0 aliphatic carbocycles. The van der Waals surface area contributed by atoms with Crippen molar-refractivity contribution in [3.8, 4) is 0 Å². The van der Waals surface area contributed by atoms with Crippen molar-refractivity contribution in [2.45, 2.75) is 71.4 Å². The molecule has 0 unspecified atom stereocenters. The summed E-state index contributed by atoms with van der Waals surface area (Å²) < 4.78 is 5.32. The van der Waals surface area contributed by atoms with Gasteiger partial charge in [0.15, 0.2) is 0 Å². The van der Waals surface area contributed by atoms with Crippen LogP contribution in [0.2, 0.25) is 0 Å². The van der Waals surface area contributed by atoms with Gasteiger partial charge in [-0.15, -0.1) is 0 Å². The van der Waals surface area contributed by atoms with Gasteiger partial charge in [0.2, 0.25) is 5.91 Å². The molecule has 0 radical (unpaired) electrons. The van der Waals surface area contributed by atoms with E-state index in [1.54, 1.807) is 6.08 Å². The van der Waals surface area contributed by atoms with E-state index in [1.165, 1.54) is 13.8 Å². The Kier molecular flexibility index (Phi) is 7.65. The van der Waals surface area contributed by atoms with Gasteiger partial charge in [0.25, 0.3) is 0 Å². The van der Waals surface area contributed by atoms with Crippen molar-refractivity contribution in [3.63, 3.8) is 0 Å². The predicted molar refractivity (Wildman–Crippen MR) is 120 cm³/mol. The second-order valence-electron chi connectivity index (χ2n) is 9.14. The Morgan fingerprint density at radius 1 is 1.06 bits per heavy atom. The highest BCUT2D eigenvalue weighted by molar-refractivity contribution is 6.02. The Morgan fingerprint density at radius 3 is 2.35 bits per heavy atom. The number of hydrogen-bond donors (Lipinski definition) is 3. The highest BCUT2D eigenvalue weighted by Crippen LogP contribution is 2.23. The minimum Gasteiger partial charge on any atom is -0.480 e. The number of aromatic amines is 1. The third-order valence-corrected chi connectivity index (χ3v) is 4.70. The summed E-state index contributed by atoms with van der Waals surface area (Å²) in [6.07, 6.45) is 5.42.